The molecule has 78 valence electrons. The SMILES string of the molecule is N#C/C(=C/c1ccco1)c1ccc(N)cc1. The molecule has 3 nitrogen and oxygen atoms in total. The zero-order valence-electron chi connectivity index (χ0n) is 8.55. The second kappa shape index (κ2) is 4.37. The first-order valence-electron chi connectivity index (χ1n) is 4.81. The number of nitrogens with zero attached hydrogens (tertiary/aromatic N) is 1. The number of benzene rings is 1. The predicted molar refractivity (Wildman–Crippen MR) is 63.0 cm³/mol. The van der Waals surface area contributed by atoms with Gasteiger partial charge in [-0.3, -0.25) is 0 Å². The monoisotopic (exact) mass is 210 g/mol. The third kappa shape index (κ3) is 2.12. The molecule has 2 rings (SSSR count). The minimum Gasteiger partial charge on any atom is -0.465 e. The molecular weight excluding hydrogens is 200 g/mol. The van der Waals surface area contributed by atoms with E-state index in [0.717, 1.165) is 5.56 Å². The minimum absolute atomic E-state index is 0.551. The van der Waals surface area contributed by atoms with Crippen LogP contribution in [0, 0.1) is 11.3 Å². The number of nitrogens with two attached hydrogens (primary N) is 1. The highest BCUT2D eigenvalue weighted by molar-refractivity contribution is 5.88. The fourth-order valence-corrected chi connectivity index (χ4v) is 1.36. The summed E-state index contributed by atoms with van der Waals surface area (Å²) in [6.45, 7) is 0. The van der Waals surface area contributed by atoms with E-state index in [9.17, 15) is 0 Å². The van der Waals surface area contributed by atoms with Gasteiger partial charge in [0, 0.05) is 5.69 Å². The van der Waals surface area contributed by atoms with Crippen LogP contribution in [0.5, 0.6) is 0 Å². The molecule has 0 fully saturated rings. The van der Waals surface area contributed by atoms with Gasteiger partial charge in [0.05, 0.1) is 17.9 Å². The van der Waals surface area contributed by atoms with Gasteiger partial charge in [0.15, 0.2) is 0 Å². The molecule has 2 aromatic rings. The van der Waals surface area contributed by atoms with Gasteiger partial charge in [0.25, 0.3) is 0 Å². The number of furan rings is 1. The topological polar surface area (TPSA) is 63.0 Å². The van der Waals surface area contributed by atoms with E-state index in [2.05, 4.69) is 6.07 Å². The first-order valence-corrected chi connectivity index (χ1v) is 4.81. The fraction of sp³-hybridized carbons (Fsp3) is 0. The lowest BCUT2D eigenvalue weighted by atomic mass is 10.1. The highest BCUT2D eigenvalue weighted by Gasteiger charge is 2.01. The summed E-state index contributed by atoms with van der Waals surface area (Å²) in [5.41, 5.74) is 7.64. The average Bonchev–Trinajstić information content (AvgIpc) is 2.80. The van der Waals surface area contributed by atoms with Crippen LogP contribution in [0.4, 0.5) is 5.69 Å². The van der Waals surface area contributed by atoms with Crippen LogP contribution in [0.3, 0.4) is 0 Å². The Balaban J connectivity index is 2.37. The number of allylic oxidation sites excluding steroid dienone is 1. The Bertz CT molecular complexity index is 530. The Morgan fingerprint density at radius 1 is 1.25 bits per heavy atom. The van der Waals surface area contributed by atoms with Crippen molar-refractivity contribution in [3.63, 3.8) is 0 Å². The van der Waals surface area contributed by atoms with Crippen LogP contribution in [0.1, 0.15) is 11.3 Å². The smallest absolute Gasteiger partial charge is 0.127 e. The van der Waals surface area contributed by atoms with Crippen molar-refractivity contribution >= 4 is 17.3 Å². The maximum Gasteiger partial charge on any atom is 0.127 e. The van der Waals surface area contributed by atoms with Crippen molar-refractivity contribution in [3.05, 3.63) is 54.0 Å². The first-order chi connectivity index (χ1) is 7.79. The lowest BCUT2D eigenvalue weighted by Crippen LogP contribution is -1.85. The molecule has 1 heterocycles. The van der Waals surface area contributed by atoms with Crippen molar-refractivity contribution in [1.82, 2.24) is 0 Å². The van der Waals surface area contributed by atoms with Crippen molar-refractivity contribution in [2.24, 2.45) is 0 Å². The van der Waals surface area contributed by atoms with Crippen molar-refractivity contribution < 1.29 is 4.42 Å². The second-order valence-electron chi connectivity index (χ2n) is 3.31. The maximum atomic E-state index is 9.06. The van der Waals surface area contributed by atoms with E-state index < -0.39 is 0 Å². The summed E-state index contributed by atoms with van der Waals surface area (Å²) >= 11 is 0. The quantitative estimate of drug-likeness (QED) is 0.612. The largest absolute Gasteiger partial charge is 0.465 e. The fourth-order valence-electron chi connectivity index (χ4n) is 1.36. The van der Waals surface area contributed by atoms with Crippen molar-refractivity contribution in [1.29, 1.82) is 5.26 Å². The highest BCUT2D eigenvalue weighted by atomic mass is 16.3. The Morgan fingerprint density at radius 3 is 2.56 bits per heavy atom. The summed E-state index contributed by atoms with van der Waals surface area (Å²) in [6.07, 6.45) is 3.27. The Hall–Kier alpha value is -2.47. The molecule has 0 saturated heterocycles. The van der Waals surface area contributed by atoms with Crippen LogP contribution in [0.2, 0.25) is 0 Å². The lowest BCUT2D eigenvalue weighted by molar-refractivity contribution is 0.557. The number of hydrogen-bond donors (Lipinski definition) is 1. The van der Waals surface area contributed by atoms with E-state index in [0.29, 0.717) is 17.0 Å². The van der Waals surface area contributed by atoms with E-state index in [-0.39, 0.29) is 0 Å². The van der Waals surface area contributed by atoms with Crippen LogP contribution >= 0.6 is 0 Å². The van der Waals surface area contributed by atoms with E-state index in [1.54, 1.807) is 36.6 Å². The van der Waals surface area contributed by atoms with Gasteiger partial charge in [0.1, 0.15) is 5.76 Å². The van der Waals surface area contributed by atoms with Gasteiger partial charge in [-0.05, 0) is 35.9 Å². The van der Waals surface area contributed by atoms with Crippen molar-refractivity contribution in [2.45, 2.75) is 0 Å². The Morgan fingerprint density at radius 2 is 2.00 bits per heavy atom. The number of anilines is 1. The van der Waals surface area contributed by atoms with E-state index in [1.807, 2.05) is 12.1 Å². The van der Waals surface area contributed by atoms with Gasteiger partial charge in [-0.25, -0.2) is 0 Å². The van der Waals surface area contributed by atoms with Crippen LogP contribution in [0.25, 0.3) is 11.6 Å². The highest BCUT2D eigenvalue weighted by Crippen LogP contribution is 2.18. The summed E-state index contributed by atoms with van der Waals surface area (Å²) in [6, 6.07) is 12.9. The molecule has 0 saturated carbocycles. The van der Waals surface area contributed by atoms with Crippen molar-refractivity contribution in [3.8, 4) is 6.07 Å². The molecule has 0 aliphatic rings. The summed E-state index contributed by atoms with van der Waals surface area (Å²) < 4.78 is 5.16. The summed E-state index contributed by atoms with van der Waals surface area (Å²) in [5.74, 6) is 0.661. The minimum atomic E-state index is 0.551. The zero-order valence-corrected chi connectivity index (χ0v) is 8.55. The standard InChI is InChI=1S/C13H10N2O/c14-9-11(8-13-2-1-7-16-13)10-3-5-12(15)6-4-10/h1-8H,15H2/b11-8-. The summed E-state index contributed by atoms with van der Waals surface area (Å²) in [4.78, 5) is 0. The third-order valence-electron chi connectivity index (χ3n) is 2.17. The van der Waals surface area contributed by atoms with Gasteiger partial charge in [-0.1, -0.05) is 12.1 Å². The normalized spacial score (nSPS) is 11.1. The third-order valence-corrected chi connectivity index (χ3v) is 2.17. The van der Waals surface area contributed by atoms with Crippen LogP contribution in [-0.4, -0.2) is 0 Å². The van der Waals surface area contributed by atoms with Gasteiger partial charge >= 0.3 is 0 Å². The molecule has 0 bridgehead atoms. The Kier molecular flexibility index (Phi) is 2.75. The van der Waals surface area contributed by atoms with Gasteiger partial charge in [-0.2, -0.15) is 5.26 Å². The van der Waals surface area contributed by atoms with Crippen LogP contribution in [-0.2, 0) is 0 Å². The first kappa shape index (κ1) is 10.1. The lowest BCUT2D eigenvalue weighted by Gasteiger charge is -1.98. The number of hydrogen-bond acceptors (Lipinski definition) is 3. The van der Waals surface area contributed by atoms with Crippen molar-refractivity contribution in [2.75, 3.05) is 5.73 Å². The average molecular weight is 210 g/mol. The Labute approximate surface area is 93.4 Å². The maximum absolute atomic E-state index is 9.06. The van der Waals surface area contributed by atoms with Gasteiger partial charge in [-0.15, -0.1) is 0 Å². The molecule has 1 aromatic heterocycles. The molecule has 0 radical (unpaired) electrons. The molecule has 1 aromatic carbocycles. The van der Waals surface area contributed by atoms with E-state index in [1.165, 1.54) is 0 Å². The molecule has 0 atom stereocenters. The molecule has 2 N–H and O–H groups in total. The predicted octanol–water partition coefficient (Wildman–Crippen LogP) is 2.93. The van der Waals surface area contributed by atoms with Crippen LogP contribution in [0.15, 0.2) is 47.1 Å². The molecule has 0 spiro atoms. The zero-order chi connectivity index (χ0) is 11.4. The van der Waals surface area contributed by atoms with E-state index in [4.69, 9.17) is 15.4 Å². The molecular formula is C13H10N2O. The van der Waals surface area contributed by atoms with Crippen LogP contribution < -0.4 is 5.73 Å². The molecule has 0 unspecified atom stereocenters. The van der Waals surface area contributed by atoms with E-state index >= 15 is 0 Å². The molecule has 0 aliphatic carbocycles. The number of nitrogen functional groups attached to an aromatic ring is 1. The molecule has 0 amide bonds. The number of nitriles is 1. The second-order valence-corrected chi connectivity index (χ2v) is 3.31. The summed E-state index contributed by atoms with van der Waals surface area (Å²) in [7, 11) is 0. The number of rotatable bonds is 2. The molecule has 0 aliphatic heterocycles. The van der Waals surface area contributed by atoms with Gasteiger partial charge in [0.2, 0.25) is 0 Å². The van der Waals surface area contributed by atoms with Gasteiger partial charge < -0.3 is 10.2 Å². The molecule has 3 heteroatoms. The molecule has 16 heavy (non-hydrogen) atoms. The summed E-state index contributed by atoms with van der Waals surface area (Å²) in [5, 5.41) is 9.06.